The molecule has 5 rings (SSSR count). The van der Waals surface area contributed by atoms with Gasteiger partial charge in [-0.2, -0.15) is 0 Å². The molecule has 0 aliphatic carbocycles. The monoisotopic (exact) mass is 483 g/mol. The fourth-order valence-corrected chi connectivity index (χ4v) is 5.43. The molecule has 1 atom stereocenters. The van der Waals surface area contributed by atoms with E-state index < -0.39 is 0 Å². The van der Waals surface area contributed by atoms with Gasteiger partial charge >= 0.3 is 0 Å². The van der Waals surface area contributed by atoms with E-state index in [0.717, 1.165) is 18.4 Å². The van der Waals surface area contributed by atoms with E-state index in [-0.39, 0.29) is 29.1 Å². The van der Waals surface area contributed by atoms with Crippen LogP contribution < -0.4 is 10.9 Å². The quantitative estimate of drug-likeness (QED) is 0.318. The molecule has 1 fully saturated rings. The van der Waals surface area contributed by atoms with Crippen LogP contribution in [0.25, 0.3) is 16.0 Å². The van der Waals surface area contributed by atoms with Crippen LogP contribution in [0.2, 0.25) is 0 Å². The summed E-state index contributed by atoms with van der Waals surface area (Å²) in [6.07, 6.45) is 1.87. The van der Waals surface area contributed by atoms with E-state index in [2.05, 4.69) is 15.5 Å². The molecule has 11 heteroatoms. The molecule has 0 bridgehead atoms. The summed E-state index contributed by atoms with van der Waals surface area (Å²) in [5.41, 5.74) is 1.84. The summed E-state index contributed by atoms with van der Waals surface area (Å²) < 4.78 is 9.81. The Morgan fingerprint density at radius 2 is 2.06 bits per heavy atom. The maximum atomic E-state index is 13.1. The molecule has 4 heterocycles. The summed E-state index contributed by atoms with van der Waals surface area (Å²) in [6, 6.07) is 8.62. The molecule has 1 N–H and O–H groups in total. The summed E-state index contributed by atoms with van der Waals surface area (Å²) in [7, 11) is 0. The zero-order valence-corrected chi connectivity index (χ0v) is 19.4. The molecule has 0 spiro atoms. The number of nitrogens with one attached hydrogen (secondary N) is 1. The zero-order valence-electron chi connectivity index (χ0n) is 17.8. The van der Waals surface area contributed by atoms with Crippen LogP contribution in [0.1, 0.15) is 30.1 Å². The van der Waals surface area contributed by atoms with E-state index in [9.17, 15) is 14.4 Å². The molecule has 1 saturated heterocycles. The lowest BCUT2D eigenvalue weighted by atomic mass is 10.1. The molecular weight excluding hydrogens is 462 g/mol. The first-order chi connectivity index (χ1) is 16.0. The molecule has 0 saturated carbocycles. The summed E-state index contributed by atoms with van der Waals surface area (Å²) in [6.45, 7) is 2.63. The third kappa shape index (κ3) is 4.31. The molecule has 170 valence electrons. The number of hydrogen-bond acceptors (Lipinski definition) is 8. The Kier molecular flexibility index (Phi) is 6.00. The van der Waals surface area contributed by atoms with E-state index in [0.29, 0.717) is 40.0 Å². The highest BCUT2D eigenvalue weighted by molar-refractivity contribution is 7.99. The molecule has 1 aliphatic heterocycles. The van der Waals surface area contributed by atoms with Gasteiger partial charge in [0.25, 0.3) is 5.56 Å². The van der Waals surface area contributed by atoms with Crippen molar-refractivity contribution in [2.24, 2.45) is 0 Å². The Bertz CT molecular complexity index is 1400. The molecule has 1 unspecified atom stereocenters. The molecule has 3 aromatic heterocycles. The Labute approximate surface area is 196 Å². The largest absolute Gasteiger partial charge is 0.376 e. The lowest BCUT2D eigenvalue weighted by Gasteiger charge is -2.13. The topological polar surface area (TPSA) is 108 Å². The van der Waals surface area contributed by atoms with E-state index in [1.54, 1.807) is 28.8 Å². The van der Waals surface area contributed by atoms with Gasteiger partial charge in [0, 0.05) is 17.9 Å². The van der Waals surface area contributed by atoms with Gasteiger partial charge in [0.1, 0.15) is 4.70 Å². The number of carbonyl (C=O) groups excluding carboxylic acids is 2. The number of thiophene rings is 1. The summed E-state index contributed by atoms with van der Waals surface area (Å²) in [5, 5.41) is 13.8. The molecule has 9 nitrogen and oxygen atoms in total. The van der Waals surface area contributed by atoms with Crippen LogP contribution in [0.4, 0.5) is 5.69 Å². The average molecular weight is 484 g/mol. The summed E-state index contributed by atoms with van der Waals surface area (Å²) in [4.78, 5) is 37.0. The third-order valence-electron chi connectivity index (χ3n) is 5.50. The Morgan fingerprint density at radius 1 is 1.24 bits per heavy atom. The van der Waals surface area contributed by atoms with E-state index in [1.807, 2.05) is 15.8 Å². The number of Topliss-reactive ketones (excluding diaryl/α,β-unsaturated/α-hetero) is 1. The molecule has 33 heavy (non-hydrogen) atoms. The maximum Gasteiger partial charge on any atom is 0.272 e. The van der Waals surface area contributed by atoms with Gasteiger partial charge in [-0.25, -0.2) is 0 Å². The van der Waals surface area contributed by atoms with Gasteiger partial charge in [0.2, 0.25) is 11.7 Å². The van der Waals surface area contributed by atoms with Gasteiger partial charge in [-0.15, -0.1) is 21.5 Å². The second kappa shape index (κ2) is 9.08. The molecule has 1 aromatic carbocycles. The molecule has 1 aliphatic rings. The number of rotatable bonds is 7. The van der Waals surface area contributed by atoms with Gasteiger partial charge in [0.15, 0.2) is 10.9 Å². The first-order valence-electron chi connectivity index (χ1n) is 10.5. The Balaban J connectivity index is 1.38. The number of thioether (sulfide) groups is 1. The van der Waals surface area contributed by atoms with Crippen LogP contribution in [0, 0.1) is 0 Å². The van der Waals surface area contributed by atoms with Crippen LogP contribution in [0.5, 0.6) is 0 Å². The van der Waals surface area contributed by atoms with Crippen LogP contribution in [0.15, 0.2) is 45.7 Å². The van der Waals surface area contributed by atoms with Crippen molar-refractivity contribution in [3.8, 4) is 0 Å². The van der Waals surface area contributed by atoms with Gasteiger partial charge in [-0.3, -0.25) is 23.4 Å². The number of ether oxygens (including phenoxy) is 1. The number of ketones is 1. The highest BCUT2D eigenvalue weighted by atomic mass is 32.2. The third-order valence-corrected chi connectivity index (χ3v) is 7.32. The van der Waals surface area contributed by atoms with Gasteiger partial charge in [-0.05, 0) is 55.5 Å². The number of nitrogens with zero attached hydrogens (tertiary/aromatic N) is 4. The molecular formula is C22H21N5O4S2. The van der Waals surface area contributed by atoms with Crippen molar-refractivity contribution in [1.29, 1.82) is 0 Å². The average Bonchev–Trinajstić information content (AvgIpc) is 3.56. The number of hydrogen-bond donors (Lipinski definition) is 1. The lowest BCUT2D eigenvalue weighted by Crippen LogP contribution is -2.28. The minimum Gasteiger partial charge on any atom is -0.376 e. The second-order valence-corrected chi connectivity index (χ2v) is 9.63. The van der Waals surface area contributed by atoms with Crippen LogP contribution in [0.3, 0.4) is 0 Å². The normalized spacial score (nSPS) is 16.0. The number of carbonyl (C=O) groups is 2. The van der Waals surface area contributed by atoms with Crippen molar-refractivity contribution in [2.45, 2.75) is 37.6 Å². The fraction of sp³-hybridized carbons (Fsp3) is 0.318. The van der Waals surface area contributed by atoms with Crippen LogP contribution >= 0.6 is 23.1 Å². The predicted octanol–water partition coefficient (Wildman–Crippen LogP) is 3.22. The van der Waals surface area contributed by atoms with Crippen molar-refractivity contribution in [1.82, 2.24) is 19.2 Å². The van der Waals surface area contributed by atoms with Gasteiger partial charge < -0.3 is 10.1 Å². The van der Waals surface area contributed by atoms with Crippen molar-refractivity contribution < 1.29 is 14.3 Å². The van der Waals surface area contributed by atoms with Crippen LogP contribution in [-0.2, 0) is 16.1 Å². The number of amides is 1. The molecule has 4 aromatic rings. The van der Waals surface area contributed by atoms with E-state index in [1.165, 1.54) is 30.0 Å². The van der Waals surface area contributed by atoms with Gasteiger partial charge in [0.05, 0.1) is 23.9 Å². The van der Waals surface area contributed by atoms with E-state index >= 15 is 0 Å². The van der Waals surface area contributed by atoms with E-state index in [4.69, 9.17) is 4.74 Å². The van der Waals surface area contributed by atoms with Crippen molar-refractivity contribution in [3.05, 3.63) is 51.6 Å². The minimum absolute atomic E-state index is 0.0168. The lowest BCUT2D eigenvalue weighted by molar-refractivity contribution is -0.113. The highest BCUT2D eigenvalue weighted by Gasteiger charge is 2.23. The first kappa shape index (κ1) is 21.8. The number of fused-ring (bicyclic) bond motifs is 3. The smallest absolute Gasteiger partial charge is 0.272 e. The number of anilines is 1. The SMILES string of the molecule is CC(=O)c1ccc(NC(=O)CSc2nnc3n(CC4CCCO4)c(=O)c4sccc4n23)cc1. The molecule has 1 amide bonds. The minimum atomic E-state index is -0.207. The Hall–Kier alpha value is -3.02. The fourth-order valence-electron chi connectivity index (χ4n) is 3.87. The first-order valence-corrected chi connectivity index (χ1v) is 12.4. The van der Waals surface area contributed by atoms with Crippen LogP contribution in [-0.4, -0.2) is 49.3 Å². The van der Waals surface area contributed by atoms with Gasteiger partial charge in [-0.1, -0.05) is 11.8 Å². The Morgan fingerprint density at radius 3 is 2.79 bits per heavy atom. The van der Waals surface area contributed by atoms with Crippen molar-refractivity contribution >= 4 is 56.5 Å². The number of aromatic nitrogens is 4. The van der Waals surface area contributed by atoms with Crippen molar-refractivity contribution in [3.63, 3.8) is 0 Å². The number of benzene rings is 1. The summed E-state index contributed by atoms with van der Waals surface area (Å²) >= 11 is 2.63. The standard InChI is InChI=1S/C22H21N5O4S2/c1-13(28)14-4-6-15(7-5-14)23-18(29)12-33-22-25-24-21-26(11-16-3-2-9-31-16)20(30)19-17(27(21)22)8-10-32-19/h4-8,10,16H,2-3,9,11-12H2,1H3,(H,23,29). The zero-order chi connectivity index (χ0) is 22.9. The maximum absolute atomic E-state index is 13.1. The van der Waals surface area contributed by atoms with Crippen molar-refractivity contribution in [2.75, 3.05) is 17.7 Å². The second-order valence-electron chi connectivity index (χ2n) is 7.77. The highest BCUT2D eigenvalue weighted by Crippen LogP contribution is 2.25. The summed E-state index contributed by atoms with van der Waals surface area (Å²) in [5.74, 6) is 0.330. The predicted molar refractivity (Wildman–Crippen MR) is 127 cm³/mol. The molecule has 0 radical (unpaired) electrons.